The molecular formula is C30H27N5O3. The number of hydrogen-bond acceptors (Lipinski definition) is 6. The van der Waals surface area contributed by atoms with E-state index in [4.69, 9.17) is 15.2 Å². The zero-order valence-corrected chi connectivity index (χ0v) is 21.4. The van der Waals surface area contributed by atoms with Crippen LogP contribution in [0.1, 0.15) is 6.92 Å². The van der Waals surface area contributed by atoms with Gasteiger partial charge in [-0.1, -0.05) is 43.0 Å². The van der Waals surface area contributed by atoms with Crippen LogP contribution in [0.2, 0.25) is 0 Å². The van der Waals surface area contributed by atoms with Gasteiger partial charge in [0.05, 0.1) is 18.2 Å². The maximum atomic E-state index is 12.1. The van der Waals surface area contributed by atoms with Gasteiger partial charge in [-0.05, 0) is 54.4 Å². The van der Waals surface area contributed by atoms with E-state index in [1.807, 2.05) is 84.4 Å². The molecule has 0 unspecified atom stereocenters. The van der Waals surface area contributed by atoms with Gasteiger partial charge in [0, 0.05) is 23.9 Å². The second-order valence-electron chi connectivity index (χ2n) is 8.83. The standard InChI is InChI=1S/C30H27N5O3/c1-18(2)30(36)34-21-13-10-19(11-14-21)27-25(26-28(31)32-17-33-29(26)35(27)3)20-12-15-23(24(16-20)37-4)38-22-8-6-5-7-9-22/h5-17H,1H2,2-4H3,(H,34,36)(H2,31,32,33). The van der Waals surface area contributed by atoms with E-state index >= 15 is 0 Å². The number of nitrogen functional groups attached to an aromatic ring is 1. The molecule has 3 aromatic carbocycles. The van der Waals surface area contributed by atoms with Gasteiger partial charge in [-0.15, -0.1) is 0 Å². The molecule has 190 valence electrons. The van der Waals surface area contributed by atoms with Gasteiger partial charge >= 0.3 is 0 Å². The third-order valence-electron chi connectivity index (χ3n) is 6.22. The van der Waals surface area contributed by atoms with E-state index in [9.17, 15) is 4.79 Å². The molecule has 38 heavy (non-hydrogen) atoms. The van der Waals surface area contributed by atoms with Crippen molar-refractivity contribution in [3.63, 3.8) is 0 Å². The number of carbonyl (C=O) groups is 1. The Labute approximate surface area is 220 Å². The highest BCUT2D eigenvalue weighted by Crippen LogP contribution is 2.44. The highest BCUT2D eigenvalue weighted by atomic mass is 16.5. The molecule has 0 saturated heterocycles. The first kappa shape index (κ1) is 24.6. The third-order valence-corrected chi connectivity index (χ3v) is 6.22. The lowest BCUT2D eigenvalue weighted by molar-refractivity contribution is -0.112. The molecule has 0 aliphatic carbocycles. The van der Waals surface area contributed by atoms with Crippen LogP contribution in [0.3, 0.4) is 0 Å². The topological polar surface area (TPSA) is 104 Å². The van der Waals surface area contributed by atoms with E-state index in [1.165, 1.54) is 6.33 Å². The first-order valence-corrected chi connectivity index (χ1v) is 11.9. The van der Waals surface area contributed by atoms with Crippen LogP contribution in [-0.2, 0) is 11.8 Å². The monoisotopic (exact) mass is 505 g/mol. The average molecular weight is 506 g/mol. The number of nitrogens with zero attached hydrogens (tertiary/aromatic N) is 3. The van der Waals surface area contributed by atoms with Gasteiger partial charge in [-0.25, -0.2) is 9.97 Å². The normalized spacial score (nSPS) is 10.8. The van der Waals surface area contributed by atoms with Gasteiger partial charge in [-0.3, -0.25) is 4.79 Å². The van der Waals surface area contributed by atoms with Crippen molar-refractivity contribution in [2.45, 2.75) is 6.92 Å². The van der Waals surface area contributed by atoms with Gasteiger partial charge < -0.3 is 25.1 Å². The Morgan fingerprint density at radius 3 is 2.37 bits per heavy atom. The second kappa shape index (κ2) is 10.1. The van der Waals surface area contributed by atoms with Gasteiger partial charge in [-0.2, -0.15) is 0 Å². The van der Waals surface area contributed by atoms with Crippen molar-refractivity contribution in [2.75, 3.05) is 18.2 Å². The Bertz CT molecular complexity index is 1660. The molecule has 0 aliphatic rings. The van der Waals surface area contributed by atoms with Crippen molar-refractivity contribution < 1.29 is 14.3 Å². The van der Waals surface area contributed by atoms with E-state index < -0.39 is 0 Å². The van der Waals surface area contributed by atoms with E-state index in [2.05, 4.69) is 21.9 Å². The van der Waals surface area contributed by atoms with Crippen molar-refractivity contribution in [3.8, 4) is 39.6 Å². The Morgan fingerprint density at radius 2 is 1.68 bits per heavy atom. The molecular weight excluding hydrogens is 478 g/mol. The number of nitrogens with one attached hydrogen (secondary N) is 1. The van der Waals surface area contributed by atoms with E-state index in [-0.39, 0.29) is 5.91 Å². The lowest BCUT2D eigenvalue weighted by Crippen LogP contribution is -2.11. The second-order valence-corrected chi connectivity index (χ2v) is 8.83. The number of rotatable bonds is 7. The Balaban J connectivity index is 1.64. The molecule has 0 aliphatic heterocycles. The summed E-state index contributed by atoms with van der Waals surface area (Å²) in [5, 5.41) is 3.58. The fraction of sp³-hybridized carbons (Fsp3) is 0.100. The summed E-state index contributed by atoms with van der Waals surface area (Å²) in [7, 11) is 3.55. The molecule has 8 nitrogen and oxygen atoms in total. The minimum Gasteiger partial charge on any atom is -0.493 e. The number of methoxy groups -OCH3 is 1. The predicted molar refractivity (Wildman–Crippen MR) is 150 cm³/mol. The van der Waals surface area contributed by atoms with Crippen LogP contribution in [0.4, 0.5) is 11.5 Å². The summed E-state index contributed by atoms with van der Waals surface area (Å²) in [6.45, 7) is 5.36. The smallest absolute Gasteiger partial charge is 0.250 e. The van der Waals surface area contributed by atoms with Crippen LogP contribution < -0.4 is 20.5 Å². The minimum atomic E-state index is -0.226. The minimum absolute atomic E-state index is 0.226. The summed E-state index contributed by atoms with van der Waals surface area (Å²) in [5.41, 5.74) is 11.7. The Morgan fingerprint density at radius 1 is 0.974 bits per heavy atom. The molecule has 5 aromatic rings. The van der Waals surface area contributed by atoms with Crippen molar-refractivity contribution in [1.29, 1.82) is 0 Å². The Kier molecular flexibility index (Phi) is 6.53. The zero-order chi connectivity index (χ0) is 26.8. The molecule has 0 bridgehead atoms. The summed E-state index contributed by atoms with van der Waals surface area (Å²) in [6, 6.07) is 22.9. The number of aryl methyl sites for hydroxylation is 1. The SMILES string of the molecule is C=C(C)C(=O)Nc1ccc(-c2c(-c3ccc(Oc4ccccc4)c(OC)c3)c3c(N)ncnc3n2C)cc1. The number of ether oxygens (including phenoxy) is 2. The zero-order valence-electron chi connectivity index (χ0n) is 21.4. The molecule has 0 saturated carbocycles. The number of benzene rings is 3. The molecule has 5 rings (SSSR count). The molecule has 2 heterocycles. The summed E-state index contributed by atoms with van der Waals surface area (Å²) in [5.74, 6) is 2.02. The van der Waals surface area contributed by atoms with Crippen LogP contribution in [0.25, 0.3) is 33.4 Å². The number of para-hydroxylation sites is 1. The Hall–Kier alpha value is -5.11. The van der Waals surface area contributed by atoms with Crippen LogP contribution in [0.15, 0.2) is 91.3 Å². The first-order valence-electron chi connectivity index (χ1n) is 11.9. The maximum absolute atomic E-state index is 12.1. The molecule has 8 heteroatoms. The van der Waals surface area contributed by atoms with Crippen LogP contribution in [-0.4, -0.2) is 27.6 Å². The van der Waals surface area contributed by atoms with E-state index in [0.29, 0.717) is 40.0 Å². The van der Waals surface area contributed by atoms with E-state index in [0.717, 1.165) is 27.8 Å². The fourth-order valence-corrected chi connectivity index (χ4v) is 4.37. The van der Waals surface area contributed by atoms with Crippen molar-refractivity contribution in [2.24, 2.45) is 7.05 Å². The van der Waals surface area contributed by atoms with Crippen molar-refractivity contribution in [3.05, 3.63) is 91.3 Å². The summed E-state index contributed by atoms with van der Waals surface area (Å²) < 4.78 is 13.8. The number of aromatic nitrogens is 3. The van der Waals surface area contributed by atoms with Crippen LogP contribution >= 0.6 is 0 Å². The van der Waals surface area contributed by atoms with Crippen LogP contribution in [0.5, 0.6) is 17.2 Å². The highest BCUT2D eigenvalue weighted by Gasteiger charge is 2.23. The lowest BCUT2D eigenvalue weighted by atomic mass is 9.98. The molecule has 0 spiro atoms. The third kappa shape index (κ3) is 4.55. The first-order chi connectivity index (χ1) is 18.4. The summed E-state index contributed by atoms with van der Waals surface area (Å²) >= 11 is 0. The molecule has 0 radical (unpaired) electrons. The van der Waals surface area contributed by atoms with E-state index in [1.54, 1.807) is 14.0 Å². The number of amides is 1. The van der Waals surface area contributed by atoms with Gasteiger partial charge in [0.2, 0.25) is 0 Å². The molecule has 2 aromatic heterocycles. The lowest BCUT2D eigenvalue weighted by Gasteiger charge is -2.14. The number of nitrogens with two attached hydrogens (primary N) is 1. The van der Waals surface area contributed by atoms with Gasteiger partial charge in [0.15, 0.2) is 11.5 Å². The fourth-order valence-electron chi connectivity index (χ4n) is 4.37. The average Bonchev–Trinajstić information content (AvgIpc) is 3.23. The maximum Gasteiger partial charge on any atom is 0.250 e. The molecule has 1 amide bonds. The summed E-state index contributed by atoms with van der Waals surface area (Å²) in [4.78, 5) is 20.8. The molecule has 0 atom stereocenters. The number of anilines is 2. The largest absolute Gasteiger partial charge is 0.493 e. The highest BCUT2D eigenvalue weighted by molar-refractivity contribution is 6.08. The predicted octanol–water partition coefficient (Wildman–Crippen LogP) is 6.20. The van der Waals surface area contributed by atoms with Crippen LogP contribution in [0, 0.1) is 0 Å². The van der Waals surface area contributed by atoms with Crippen molar-refractivity contribution in [1.82, 2.24) is 14.5 Å². The number of fused-ring (bicyclic) bond motifs is 1. The quantitative estimate of drug-likeness (QED) is 0.255. The number of hydrogen-bond donors (Lipinski definition) is 2. The molecule has 0 fully saturated rings. The number of carbonyl (C=O) groups excluding carboxylic acids is 1. The summed E-state index contributed by atoms with van der Waals surface area (Å²) in [6.07, 6.45) is 1.46. The van der Waals surface area contributed by atoms with Gasteiger partial charge in [0.25, 0.3) is 5.91 Å². The molecule has 3 N–H and O–H groups in total. The van der Waals surface area contributed by atoms with Crippen molar-refractivity contribution >= 4 is 28.4 Å². The van der Waals surface area contributed by atoms with Gasteiger partial charge in [0.1, 0.15) is 23.5 Å².